The molecule has 0 atom stereocenters. The summed E-state index contributed by atoms with van der Waals surface area (Å²) in [6.45, 7) is 3.03. The fourth-order valence-corrected chi connectivity index (χ4v) is 2.44. The van der Waals surface area contributed by atoms with Crippen LogP contribution in [0.3, 0.4) is 0 Å². The fraction of sp³-hybridized carbons (Fsp3) is 0.316. The minimum absolute atomic E-state index is 0.106. The van der Waals surface area contributed by atoms with E-state index >= 15 is 0 Å². The van der Waals surface area contributed by atoms with E-state index in [0.717, 1.165) is 24.3 Å². The molecule has 0 unspecified atom stereocenters. The lowest BCUT2D eigenvalue weighted by Crippen LogP contribution is -2.01. The van der Waals surface area contributed by atoms with Crippen molar-refractivity contribution >= 4 is 5.78 Å². The Labute approximate surface area is 136 Å². The SMILES string of the molecule is CCCOc1ccc(CCC(=O)c2ccc3c(c2)OCO3)cc1. The van der Waals surface area contributed by atoms with Crippen molar-refractivity contribution in [3.05, 3.63) is 53.6 Å². The lowest BCUT2D eigenvalue weighted by molar-refractivity contribution is 0.0982. The predicted octanol–water partition coefficient (Wildman–Crippen LogP) is 4.02. The van der Waals surface area contributed by atoms with Crippen molar-refractivity contribution in [1.29, 1.82) is 0 Å². The number of hydrogen-bond acceptors (Lipinski definition) is 4. The quantitative estimate of drug-likeness (QED) is 0.724. The van der Waals surface area contributed by atoms with Gasteiger partial charge in [-0.25, -0.2) is 0 Å². The molecule has 0 N–H and O–H groups in total. The van der Waals surface area contributed by atoms with Crippen LogP contribution in [0.25, 0.3) is 0 Å². The number of ether oxygens (including phenoxy) is 3. The van der Waals surface area contributed by atoms with Gasteiger partial charge >= 0.3 is 0 Å². The molecular formula is C19H20O4. The molecule has 2 aromatic carbocycles. The summed E-state index contributed by atoms with van der Waals surface area (Å²) in [6.07, 6.45) is 2.17. The molecule has 0 bridgehead atoms. The van der Waals surface area contributed by atoms with E-state index in [9.17, 15) is 4.79 Å². The number of rotatable bonds is 7. The van der Waals surface area contributed by atoms with Gasteiger partial charge in [0.2, 0.25) is 6.79 Å². The largest absolute Gasteiger partial charge is 0.494 e. The Morgan fingerprint density at radius 3 is 2.65 bits per heavy atom. The third kappa shape index (κ3) is 3.83. The summed E-state index contributed by atoms with van der Waals surface area (Å²) in [5, 5.41) is 0. The van der Waals surface area contributed by atoms with E-state index in [1.165, 1.54) is 0 Å². The number of ketones is 1. The molecule has 0 saturated carbocycles. The van der Waals surface area contributed by atoms with Gasteiger partial charge in [0.15, 0.2) is 17.3 Å². The number of fused-ring (bicyclic) bond motifs is 1. The highest BCUT2D eigenvalue weighted by Gasteiger charge is 2.16. The third-order valence-electron chi connectivity index (χ3n) is 3.73. The molecule has 4 nitrogen and oxygen atoms in total. The maximum Gasteiger partial charge on any atom is 0.231 e. The van der Waals surface area contributed by atoms with E-state index in [1.54, 1.807) is 18.2 Å². The van der Waals surface area contributed by atoms with Gasteiger partial charge in [-0.1, -0.05) is 19.1 Å². The van der Waals surface area contributed by atoms with Crippen LogP contribution in [0.5, 0.6) is 17.2 Å². The fourth-order valence-electron chi connectivity index (χ4n) is 2.44. The lowest BCUT2D eigenvalue weighted by atomic mass is 10.0. The zero-order valence-electron chi connectivity index (χ0n) is 13.2. The van der Waals surface area contributed by atoms with E-state index in [1.807, 2.05) is 24.3 Å². The second-order valence-electron chi connectivity index (χ2n) is 5.48. The van der Waals surface area contributed by atoms with Crippen LogP contribution < -0.4 is 14.2 Å². The summed E-state index contributed by atoms with van der Waals surface area (Å²) < 4.78 is 16.1. The van der Waals surface area contributed by atoms with Gasteiger partial charge in [0.05, 0.1) is 6.61 Å². The van der Waals surface area contributed by atoms with Crippen LogP contribution in [0.4, 0.5) is 0 Å². The van der Waals surface area contributed by atoms with Gasteiger partial charge in [-0.2, -0.15) is 0 Å². The van der Waals surface area contributed by atoms with Gasteiger partial charge in [-0.15, -0.1) is 0 Å². The first-order valence-electron chi connectivity index (χ1n) is 7.91. The van der Waals surface area contributed by atoms with Gasteiger partial charge in [-0.05, 0) is 48.7 Å². The predicted molar refractivity (Wildman–Crippen MR) is 87.4 cm³/mol. The first-order valence-corrected chi connectivity index (χ1v) is 7.91. The summed E-state index contributed by atoms with van der Waals surface area (Å²) in [5.74, 6) is 2.32. The summed E-state index contributed by atoms with van der Waals surface area (Å²) >= 11 is 0. The average Bonchev–Trinajstić information content (AvgIpc) is 3.06. The van der Waals surface area contributed by atoms with Crippen molar-refractivity contribution in [1.82, 2.24) is 0 Å². The maximum absolute atomic E-state index is 12.3. The van der Waals surface area contributed by atoms with Gasteiger partial charge in [0, 0.05) is 12.0 Å². The molecule has 0 fully saturated rings. The van der Waals surface area contributed by atoms with Crippen molar-refractivity contribution in [2.45, 2.75) is 26.2 Å². The summed E-state index contributed by atoms with van der Waals surface area (Å²) in [5.41, 5.74) is 1.79. The Morgan fingerprint density at radius 2 is 1.87 bits per heavy atom. The molecule has 0 aliphatic carbocycles. The summed E-state index contributed by atoms with van der Waals surface area (Å²) in [6, 6.07) is 13.3. The van der Waals surface area contributed by atoms with E-state index in [-0.39, 0.29) is 12.6 Å². The number of Topliss-reactive ketones (excluding diaryl/α,β-unsaturated/α-hetero) is 1. The summed E-state index contributed by atoms with van der Waals surface area (Å²) in [7, 11) is 0. The first-order chi connectivity index (χ1) is 11.3. The summed E-state index contributed by atoms with van der Waals surface area (Å²) in [4.78, 5) is 12.3. The molecule has 0 amide bonds. The zero-order valence-corrected chi connectivity index (χ0v) is 13.2. The monoisotopic (exact) mass is 312 g/mol. The van der Waals surface area contributed by atoms with Gasteiger partial charge in [-0.3, -0.25) is 4.79 Å². The number of carbonyl (C=O) groups excluding carboxylic acids is 1. The molecule has 2 aromatic rings. The molecule has 120 valence electrons. The van der Waals surface area contributed by atoms with Crippen molar-refractivity contribution in [3.63, 3.8) is 0 Å². The maximum atomic E-state index is 12.3. The molecular weight excluding hydrogens is 292 g/mol. The van der Waals surface area contributed by atoms with Crippen LogP contribution in [0.1, 0.15) is 35.7 Å². The molecule has 23 heavy (non-hydrogen) atoms. The van der Waals surface area contributed by atoms with Crippen LogP contribution in [-0.2, 0) is 6.42 Å². The average molecular weight is 312 g/mol. The van der Waals surface area contributed by atoms with Crippen LogP contribution in [0.15, 0.2) is 42.5 Å². The van der Waals surface area contributed by atoms with Gasteiger partial charge in [0.25, 0.3) is 0 Å². The molecule has 0 saturated heterocycles. The minimum atomic E-state index is 0.106. The van der Waals surface area contributed by atoms with E-state index in [2.05, 4.69) is 6.92 Å². The van der Waals surface area contributed by atoms with Crippen LogP contribution >= 0.6 is 0 Å². The van der Waals surface area contributed by atoms with Gasteiger partial charge in [0.1, 0.15) is 5.75 Å². The molecule has 1 aliphatic rings. The number of hydrogen-bond donors (Lipinski definition) is 0. The lowest BCUT2D eigenvalue weighted by Gasteiger charge is -2.06. The third-order valence-corrected chi connectivity index (χ3v) is 3.73. The van der Waals surface area contributed by atoms with E-state index in [0.29, 0.717) is 29.9 Å². The second kappa shape index (κ2) is 7.18. The number of carbonyl (C=O) groups is 1. The standard InChI is InChI=1S/C19H20O4/c1-2-11-21-16-7-3-14(4-8-16)5-9-17(20)15-6-10-18-19(12-15)23-13-22-18/h3-4,6-8,10,12H,2,5,9,11,13H2,1H3. The Balaban J connectivity index is 1.56. The highest BCUT2D eigenvalue weighted by Crippen LogP contribution is 2.32. The Hall–Kier alpha value is -2.49. The van der Waals surface area contributed by atoms with Crippen molar-refractivity contribution in [2.75, 3.05) is 13.4 Å². The van der Waals surface area contributed by atoms with Gasteiger partial charge < -0.3 is 14.2 Å². The Bertz CT molecular complexity index is 676. The van der Waals surface area contributed by atoms with E-state index < -0.39 is 0 Å². The smallest absolute Gasteiger partial charge is 0.231 e. The molecule has 3 rings (SSSR count). The van der Waals surface area contributed by atoms with Crippen LogP contribution in [0, 0.1) is 0 Å². The van der Waals surface area contributed by atoms with E-state index in [4.69, 9.17) is 14.2 Å². The zero-order chi connectivity index (χ0) is 16.1. The Morgan fingerprint density at radius 1 is 1.09 bits per heavy atom. The molecule has 1 aliphatic heterocycles. The molecule has 4 heteroatoms. The van der Waals surface area contributed by atoms with Crippen molar-refractivity contribution in [3.8, 4) is 17.2 Å². The van der Waals surface area contributed by atoms with Crippen molar-refractivity contribution in [2.24, 2.45) is 0 Å². The highest BCUT2D eigenvalue weighted by atomic mass is 16.7. The van der Waals surface area contributed by atoms with Crippen LogP contribution in [0.2, 0.25) is 0 Å². The second-order valence-corrected chi connectivity index (χ2v) is 5.48. The molecule has 1 heterocycles. The molecule has 0 spiro atoms. The van der Waals surface area contributed by atoms with Crippen molar-refractivity contribution < 1.29 is 19.0 Å². The molecule has 0 aromatic heterocycles. The Kier molecular flexibility index (Phi) is 4.81. The minimum Gasteiger partial charge on any atom is -0.494 e. The topological polar surface area (TPSA) is 44.8 Å². The first kappa shape index (κ1) is 15.4. The normalized spacial score (nSPS) is 12.2. The number of benzene rings is 2. The molecule has 0 radical (unpaired) electrons. The highest BCUT2D eigenvalue weighted by molar-refractivity contribution is 5.96. The number of aryl methyl sites for hydroxylation is 1. The van der Waals surface area contributed by atoms with Crippen LogP contribution in [-0.4, -0.2) is 19.2 Å².